The molecule has 0 fully saturated rings. The molecule has 76 valence electrons. The third-order valence-corrected chi connectivity index (χ3v) is 3.31. The lowest BCUT2D eigenvalue weighted by Crippen LogP contribution is -2.40. The van der Waals surface area contributed by atoms with E-state index in [0.29, 0.717) is 0 Å². The number of hydrogen-bond donors (Lipinski definition) is 0. The first-order chi connectivity index (χ1) is 6.83. The van der Waals surface area contributed by atoms with Gasteiger partial charge in [-0.25, -0.2) is 0 Å². The van der Waals surface area contributed by atoms with Crippen molar-refractivity contribution in [2.75, 3.05) is 0 Å². The fraction of sp³-hybridized carbons (Fsp3) is 0.615. The molecular weight excluding hydrogens is 170 g/mol. The topological polar surface area (TPSA) is 3.88 Å². The van der Waals surface area contributed by atoms with Crippen LogP contribution in [0.4, 0.5) is 0 Å². The van der Waals surface area contributed by atoms with Gasteiger partial charge in [-0.2, -0.15) is 4.57 Å². The summed E-state index contributed by atoms with van der Waals surface area (Å²) in [4.78, 5) is 0. The van der Waals surface area contributed by atoms with Gasteiger partial charge in [0.25, 0.3) is 0 Å². The molecule has 0 amide bonds. The Hall–Kier alpha value is -0.850. The molecule has 0 N–H and O–H groups in total. The zero-order valence-corrected chi connectivity index (χ0v) is 9.29. The Morgan fingerprint density at radius 2 is 2.29 bits per heavy atom. The molecule has 2 rings (SSSR count). The zero-order chi connectivity index (χ0) is 9.97. The van der Waals surface area contributed by atoms with E-state index in [0.717, 1.165) is 6.04 Å². The summed E-state index contributed by atoms with van der Waals surface area (Å²) in [5.74, 6) is 0. The van der Waals surface area contributed by atoms with Gasteiger partial charge in [0, 0.05) is 38.3 Å². The average Bonchev–Trinajstić information content (AvgIpc) is 2.59. The standard InChI is InChI=1S/C13H20N/c1-3-4-7-12-9-10-13-8-5-6-11(2)14(12)13/h5-6,8,12H,3-4,7,9-10H2,1-2H3/q+1. The minimum Gasteiger partial charge on any atom is -0.197 e. The van der Waals surface area contributed by atoms with E-state index in [9.17, 15) is 0 Å². The minimum atomic E-state index is 0.783. The van der Waals surface area contributed by atoms with E-state index in [-0.39, 0.29) is 0 Å². The van der Waals surface area contributed by atoms with Crippen molar-refractivity contribution in [3.63, 3.8) is 0 Å². The van der Waals surface area contributed by atoms with Crippen LogP contribution in [-0.2, 0) is 6.42 Å². The molecule has 0 bridgehead atoms. The van der Waals surface area contributed by atoms with Crippen LogP contribution < -0.4 is 4.57 Å². The summed E-state index contributed by atoms with van der Waals surface area (Å²) in [6.07, 6.45) is 6.67. The van der Waals surface area contributed by atoms with Crippen LogP contribution in [0.1, 0.15) is 50.0 Å². The quantitative estimate of drug-likeness (QED) is 0.645. The molecule has 1 nitrogen and oxygen atoms in total. The maximum Gasteiger partial charge on any atom is 0.182 e. The Morgan fingerprint density at radius 3 is 3.07 bits per heavy atom. The number of rotatable bonds is 3. The molecule has 0 aromatic carbocycles. The van der Waals surface area contributed by atoms with E-state index in [1.54, 1.807) is 0 Å². The van der Waals surface area contributed by atoms with Gasteiger partial charge < -0.3 is 0 Å². The Labute approximate surface area is 86.8 Å². The molecule has 1 aromatic rings. The maximum absolute atomic E-state index is 2.55. The highest BCUT2D eigenvalue weighted by Crippen LogP contribution is 2.22. The Kier molecular flexibility index (Phi) is 2.85. The van der Waals surface area contributed by atoms with Gasteiger partial charge in [-0.3, -0.25) is 0 Å². The van der Waals surface area contributed by atoms with Crippen LogP contribution in [0.3, 0.4) is 0 Å². The van der Waals surface area contributed by atoms with Crippen molar-refractivity contribution in [2.24, 2.45) is 0 Å². The van der Waals surface area contributed by atoms with Gasteiger partial charge in [-0.05, 0) is 12.5 Å². The first kappa shape index (κ1) is 9.70. The predicted octanol–water partition coefficient (Wildman–Crippen LogP) is 2.96. The monoisotopic (exact) mass is 190 g/mol. The molecule has 1 heteroatoms. The molecule has 0 aliphatic carbocycles. The molecule has 0 saturated carbocycles. The Morgan fingerprint density at radius 1 is 1.43 bits per heavy atom. The van der Waals surface area contributed by atoms with Crippen LogP contribution in [0, 0.1) is 6.92 Å². The largest absolute Gasteiger partial charge is 0.197 e. The minimum absolute atomic E-state index is 0.783. The number of fused-ring (bicyclic) bond motifs is 1. The highest BCUT2D eigenvalue weighted by molar-refractivity contribution is 5.05. The lowest BCUT2D eigenvalue weighted by Gasteiger charge is -2.07. The van der Waals surface area contributed by atoms with Crippen molar-refractivity contribution >= 4 is 0 Å². The molecule has 1 atom stereocenters. The summed E-state index contributed by atoms with van der Waals surface area (Å²) in [6, 6.07) is 7.47. The first-order valence-corrected chi connectivity index (χ1v) is 5.83. The second-order valence-electron chi connectivity index (χ2n) is 4.36. The molecule has 0 spiro atoms. The Balaban J connectivity index is 2.20. The van der Waals surface area contributed by atoms with Crippen molar-refractivity contribution in [2.45, 2.75) is 52.0 Å². The SMILES string of the molecule is CCCCC1CCc2cccc(C)[n+]21. The molecule has 1 unspecified atom stereocenters. The van der Waals surface area contributed by atoms with E-state index < -0.39 is 0 Å². The highest BCUT2D eigenvalue weighted by atomic mass is 15.0. The summed E-state index contributed by atoms with van der Waals surface area (Å²) in [7, 11) is 0. The molecule has 14 heavy (non-hydrogen) atoms. The van der Waals surface area contributed by atoms with Crippen LogP contribution in [0.2, 0.25) is 0 Å². The van der Waals surface area contributed by atoms with Crippen LogP contribution in [0.25, 0.3) is 0 Å². The molecule has 0 radical (unpaired) electrons. The third kappa shape index (κ3) is 1.68. The summed E-state index contributed by atoms with van der Waals surface area (Å²) in [5.41, 5.74) is 2.97. The fourth-order valence-electron chi connectivity index (χ4n) is 2.57. The van der Waals surface area contributed by atoms with Crippen molar-refractivity contribution in [3.8, 4) is 0 Å². The van der Waals surface area contributed by atoms with Crippen LogP contribution in [-0.4, -0.2) is 0 Å². The van der Waals surface area contributed by atoms with Crippen LogP contribution in [0.15, 0.2) is 18.2 Å². The number of nitrogens with zero attached hydrogens (tertiary/aromatic N) is 1. The molecule has 1 aliphatic rings. The van der Waals surface area contributed by atoms with Gasteiger partial charge in [-0.1, -0.05) is 13.3 Å². The van der Waals surface area contributed by atoms with Gasteiger partial charge in [-0.15, -0.1) is 0 Å². The smallest absolute Gasteiger partial charge is 0.182 e. The molecule has 1 aliphatic heterocycles. The first-order valence-electron chi connectivity index (χ1n) is 5.83. The molecule has 1 aromatic heterocycles. The summed E-state index contributed by atoms with van der Waals surface area (Å²) in [6.45, 7) is 4.51. The van der Waals surface area contributed by atoms with Crippen LogP contribution >= 0.6 is 0 Å². The van der Waals surface area contributed by atoms with Crippen molar-refractivity contribution < 1.29 is 4.57 Å². The number of aromatic nitrogens is 1. The summed E-state index contributed by atoms with van der Waals surface area (Å²) >= 11 is 0. The second kappa shape index (κ2) is 4.12. The highest BCUT2D eigenvalue weighted by Gasteiger charge is 2.30. The second-order valence-corrected chi connectivity index (χ2v) is 4.36. The van der Waals surface area contributed by atoms with E-state index in [4.69, 9.17) is 0 Å². The van der Waals surface area contributed by atoms with Gasteiger partial charge in [0.15, 0.2) is 17.4 Å². The van der Waals surface area contributed by atoms with Gasteiger partial charge in [0.2, 0.25) is 0 Å². The number of aryl methyl sites for hydroxylation is 2. The lowest BCUT2D eigenvalue weighted by molar-refractivity contribution is -0.722. The van der Waals surface area contributed by atoms with E-state index >= 15 is 0 Å². The predicted molar refractivity (Wildman–Crippen MR) is 58.3 cm³/mol. The summed E-state index contributed by atoms with van der Waals surface area (Å²) < 4.78 is 2.55. The number of unbranched alkanes of at least 4 members (excludes halogenated alkanes) is 1. The lowest BCUT2D eigenvalue weighted by atomic mass is 10.1. The normalized spacial score (nSPS) is 19.7. The van der Waals surface area contributed by atoms with E-state index in [2.05, 4.69) is 36.6 Å². The van der Waals surface area contributed by atoms with Gasteiger partial charge in [0.1, 0.15) is 0 Å². The van der Waals surface area contributed by atoms with E-state index in [1.807, 2.05) is 0 Å². The van der Waals surface area contributed by atoms with Gasteiger partial charge >= 0.3 is 0 Å². The third-order valence-electron chi connectivity index (χ3n) is 3.31. The molecular formula is C13H20N+. The van der Waals surface area contributed by atoms with Crippen molar-refractivity contribution in [3.05, 3.63) is 29.6 Å². The van der Waals surface area contributed by atoms with E-state index in [1.165, 1.54) is 43.5 Å². The average molecular weight is 190 g/mol. The van der Waals surface area contributed by atoms with Crippen molar-refractivity contribution in [1.82, 2.24) is 0 Å². The zero-order valence-electron chi connectivity index (χ0n) is 9.29. The number of pyridine rings is 1. The van der Waals surface area contributed by atoms with Crippen molar-refractivity contribution in [1.29, 1.82) is 0 Å². The number of hydrogen-bond acceptors (Lipinski definition) is 0. The molecule has 2 heterocycles. The summed E-state index contributed by atoms with van der Waals surface area (Å²) in [5, 5.41) is 0. The maximum atomic E-state index is 2.55. The van der Waals surface area contributed by atoms with Gasteiger partial charge in [0.05, 0.1) is 0 Å². The van der Waals surface area contributed by atoms with Crippen LogP contribution in [0.5, 0.6) is 0 Å². The fourth-order valence-corrected chi connectivity index (χ4v) is 2.57. The molecule has 0 saturated heterocycles. The Bertz CT molecular complexity index is 317.